The second kappa shape index (κ2) is 5.28. The summed E-state index contributed by atoms with van der Waals surface area (Å²) in [5, 5.41) is 2.68. The molecule has 0 radical (unpaired) electrons. The molecule has 0 atom stereocenters. The van der Waals surface area contributed by atoms with Crippen LogP contribution in [0.15, 0.2) is 30.3 Å². The van der Waals surface area contributed by atoms with Crippen LogP contribution in [0.25, 0.3) is 10.8 Å². The third kappa shape index (κ3) is 2.32. The quantitative estimate of drug-likeness (QED) is 0.806. The van der Waals surface area contributed by atoms with Crippen molar-refractivity contribution < 1.29 is 9.47 Å². The molecule has 0 unspecified atom stereocenters. The van der Waals surface area contributed by atoms with Crippen molar-refractivity contribution in [1.82, 2.24) is 0 Å². The average molecular weight is 251 g/mol. The van der Waals surface area contributed by atoms with Crippen LogP contribution in [-0.2, 0) is 0 Å². The number of ether oxygens (including phenoxy) is 2. The zero-order valence-corrected chi connectivity index (χ0v) is 10.8. The smallest absolute Gasteiger partial charge is 0.180 e. The summed E-state index contributed by atoms with van der Waals surface area (Å²) in [4.78, 5) is 0. The van der Waals surface area contributed by atoms with Gasteiger partial charge < -0.3 is 9.47 Å². The molecule has 2 rings (SSSR count). The molecule has 0 saturated heterocycles. The van der Waals surface area contributed by atoms with Gasteiger partial charge in [0.2, 0.25) is 0 Å². The van der Waals surface area contributed by atoms with Crippen LogP contribution >= 0.6 is 11.6 Å². The highest BCUT2D eigenvalue weighted by atomic mass is 35.5. The number of halogens is 1. The topological polar surface area (TPSA) is 18.5 Å². The molecule has 90 valence electrons. The predicted molar refractivity (Wildman–Crippen MR) is 71.3 cm³/mol. The van der Waals surface area contributed by atoms with Gasteiger partial charge in [-0.2, -0.15) is 0 Å². The van der Waals surface area contributed by atoms with Crippen LogP contribution in [0.3, 0.4) is 0 Å². The van der Waals surface area contributed by atoms with E-state index >= 15 is 0 Å². The molecule has 2 aromatic rings. The summed E-state index contributed by atoms with van der Waals surface area (Å²) in [5.74, 6) is 1.37. The Labute approximate surface area is 106 Å². The molecule has 0 aliphatic carbocycles. The Morgan fingerprint density at radius 1 is 1.00 bits per heavy atom. The zero-order chi connectivity index (χ0) is 12.3. The lowest BCUT2D eigenvalue weighted by atomic mass is 10.1. The summed E-state index contributed by atoms with van der Waals surface area (Å²) >= 11 is 6.22. The fourth-order valence-electron chi connectivity index (χ4n) is 1.83. The lowest BCUT2D eigenvalue weighted by molar-refractivity contribution is 0.291. The van der Waals surface area contributed by atoms with Gasteiger partial charge in [-0.1, -0.05) is 35.9 Å². The Hall–Kier alpha value is -1.41. The second-order valence-corrected chi connectivity index (χ2v) is 4.01. The van der Waals surface area contributed by atoms with Crippen molar-refractivity contribution in [2.75, 3.05) is 13.2 Å². The Morgan fingerprint density at radius 3 is 2.35 bits per heavy atom. The number of hydrogen-bond acceptors (Lipinski definition) is 2. The molecular weight excluding hydrogens is 236 g/mol. The summed E-state index contributed by atoms with van der Waals surface area (Å²) in [6.45, 7) is 5.04. The van der Waals surface area contributed by atoms with E-state index in [0.717, 1.165) is 16.5 Å². The minimum atomic E-state index is 0.568. The molecule has 17 heavy (non-hydrogen) atoms. The first-order valence-electron chi connectivity index (χ1n) is 5.74. The minimum absolute atomic E-state index is 0.568. The number of rotatable bonds is 4. The molecule has 0 amide bonds. The van der Waals surface area contributed by atoms with Crippen molar-refractivity contribution in [1.29, 1.82) is 0 Å². The van der Waals surface area contributed by atoms with Gasteiger partial charge in [-0.15, -0.1) is 0 Å². The first-order valence-corrected chi connectivity index (χ1v) is 6.12. The van der Waals surface area contributed by atoms with Gasteiger partial charge in [-0.05, 0) is 25.3 Å². The molecule has 3 heteroatoms. The van der Waals surface area contributed by atoms with Crippen LogP contribution in [0.2, 0.25) is 5.02 Å². The second-order valence-electron chi connectivity index (χ2n) is 3.60. The molecule has 0 aliphatic heterocycles. The summed E-state index contributed by atoms with van der Waals surface area (Å²) in [7, 11) is 0. The molecular formula is C14H15ClO2. The molecule has 0 aliphatic rings. The highest BCUT2D eigenvalue weighted by Gasteiger charge is 2.14. The fourth-order valence-corrected chi connectivity index (χ4v) is 2.09. The lowest BCUT2D eigenvalue weighted by Gasteiger charge is -2.15. The monoisotopic (exact) mass is 250 g/mol. The summed E-state index contributed by atoms with van der Waals surface area (Å²) in [5.41, 5.74) is 0. The van der Waals surface area contributed by atoms with Gasteiger partial charge in [0.05, 0.1) is 18.2 Å². The van der Waals surface area contributed by atoms with Gasteiger partial charge in [0.25, 0.3) is 0 Å². The van der Waals surface area contributed by atoms with Crippen LogP contribution in [0.4, 0.5) is 0 Å². The Kier molecular flexibility index (Phi) is 3.75. The van der Waals surface area contributed by atoms with E-state index in [9.17, 15) is 0 Å². The van der Waals surface area contributed by atoms with E-state index in [2.05, 4.69) is 0 Å². The third-order valence-corrected chi connectivity index (χ3v) is 2.77. The fraction of sp³-hybridized carbons (Fsp3) is 0.286. The van der Waals surface area contributed by atoms with Crippen LogP contribution < -0.4 is 9.47 Å². The number of hydrogen-bond donors (Lipinski definition) is 0. The molecule has 0 heterocycles. The third-order valence-electron chi connectivity index (χ3n) is 2.49. The lowest BCUT2D eigenvalue weighted by Crippen LogP contribution is -1.99. The summed E-state index contributed by atoms with van der Waals surface area (Å²) < 4.78 is 11.2. The standard InChI is InChI=1S/C14H15ClO2/c1-3-16-13-11-8-6-5-7-10(11)9-12(15)14(13)17-4-2/h5-9H,3-4H2,1-2H3. The molecule has 0 fully saturated rings. The van der Waals surface area contributed by atoms with Gasteiger partial charge in [-0.3, -0.25) is 0 Å². The maximum Gasteiger partial charge on any atom is 0.180 e. The Bertz CT molecular complexity index is 523. The summed E-state index contributed by atoms with van der Waals surface area (Å²) in [6.07, 6.45) is 0. The molecule has 2 nitrogen and oxygen atoms in total. The van der Waals surface area contributed by atoms with Crippen molar-refractivity contribution in [3.05, 3.63) is 35.4 Å². The first kappa shape index (κ1) is 12.1. The van der Waals surface area contributed by atoms with Crippen LogP contribution in [0.5, 0.6) is 11.5 Å². The van der Waals surface area contributed by atoms with Crippen molar-refractivity contribution in [2.45, 2.75) is 13.8 Å². The first-order chi connectivity index (χ1) is 8.27. The van der Waals surface area contributed by atoms with Gasteiger partial charge in [0.15, 0.2) is 11.5 Å². The van der Waals surface area contributed by atoms with E-state index in [0.29, 0.717) is 24.0 Å². The molecule has 0 aromatic heterocycles. The highest BCUT2D eigenvalue weighted by molar-refractivity contribution is 6.33. The Morgan fingerprint density at radius 2 is 1.65 bits per heavy atom. The molecule has 0 saturated carbocycles. The van der Waals surface area contributed by atoms with E-state index in [1.807, 2.05) is 44.2 Å². The average Bonchev–Trinajstić information content (AvgIpc) is 2.34. The normalized spacial score (nSPS) is 10.5. The maximum atomic E-state index is 6.22. The summed E-state index contributed by atoms with van der Waals surface area (Å²) in [6, 6.07) is 9.90. The number of benzene rings is 2. The zero-order valence-electron chi connectivity index (χ0n) is 10.00. The maximum absolute atomic E-state index is 6.22. The van der Waals surface area contributed by atoms with Crippen molar-refractivity contribution in [3.63, 3.8) is 0 Å². The van der Waals surface area contributed by atoms with E-state index in [-0.39, 0.29) is 0 Å². The largest absolute Gasteiger partial charge is 0.489 e. The van der Waals surface area contributed by atoms with Gasteiger partial charge in [0, 0.05) is 5.39 Å². The van der Waals surface area contributed by atoms with Gasteiger partial charge in [-0.25, -0.2) is 0 Å². The van der Waals surface area contributed by atoms with Crippen molar-refractivity contribution in [2.24, 2.45) is 0 Å². The molecule has 0 N–H and O–H groups in total. The molecule has 2 aromatic carbocycles. The molecule has 0 spiro atoms. The van der Waals surface area contributed by atoms with Crippen LogP contribution in [0.1, 0.15) is 13.8 Å². The Balaban J connectivity index is 2.69. The predicted octanol–water partition coefficient (Wildman–Crippen LogP) is 4.29. The van der Waals surface area contributed by atoms with E-state index in [1.165, 1.54) is 0 Å². The number of fused-ring (bicyclic) bond motifs is 1. The van der Waals surface area contributed by atoms with E-state index in [1.54, 1.807) is 0 Å². The highest BCUT2D eigenvalue weighted by Crippen LogP contribution is 2.41. The van der Waals surface area contributed by atoms with Crippen LogP contribution in [-0.4, -0.2) is 13.2 Å². The van der Waals surface area contributed by atoms with Crippen molar-refractivity contribution >= 4 is 22.4 Å². The van der Waals surface area contributed by atoms with Gasteiger partial charge >= 0.3 is 0 Å². The SMILES string of the molecule is CCOc1c(Cl)cc2ccccc2c1OCC. The van der Waals surface area contributed by atoms with Crippen LogP contribution in [0, 0.1) is 0 Å². The minimum Gasteiger partial charge on any atom is -0.489 e. The molecule has 0 bridgehead atoms. The van der Waals surface area contributed by atoms with Gasteiger partial charge in [0.1, 0.15) is 0 Å². The van der Waals surface area contributed by atoms with E-state index in [4.69, 9.17) is 21.1 Å². The van der Waals surface area contributed by atoms with E-state index < -0.39 is 0 Å². The van der Waals surface area contributed by atoms with Crippen molar-refractivity contribution in [3.8, 4) is 11.5 Å².